The van der Waals surface area contributed by atoms with E-state index in [9.17, 15) is 9.59 Å². The minimum Gasteiger partial charge on any atom is -0.495 e. The number of amides is 1. The molecule has 0 unspecified atom stereocenters. The summed E-state index contributed by atoms with van der Waals surface area (Å²) in [6.45, 7) is 0. The predicted octanol–water partition coefficient (Wildman–Crippen LogP) is 6.29. The van der Waals surface area contributed by atoms with Crippen LogP contribution in [-0.2, 0) is 0 Å². The van der Waals surface area contributed by atoms with Crippen LogP contribution in [0.2, 0.25) is 5.02 Å². The van der Waals surface area contributed by atoms with Gasteiger partial charge in [0.25, 0.3) is 5.91 Å². The van der Waals surface area contributed by atoms with Crippen molar-refractivity contribution in [3.63, 3.8) is 0 Å². The third-order valence-electron chi connectivity index (χ3n) is 4.96. The number of carbonyl (C=O) groups excluding carboxylic acids is 2. The number of nitrogens with zero attached hydrogens (tertiary/aromatic N) is 1. The lowest BCUT2D eigenvalue weighted by Gasteiger charge is -2.06. The topological polar surface area (TPSA) is 94.6 Å². The van der Waals surface area contributed by atoms with Crippen LogP contribution in [0.5, 0.6) is 5.75 Å². The molecular formula is C24H15ClN2O5S. The van der Waals surface area contributed by atoms with Crippen molar-refractivity contribution >= 4 is 51.3 Å². The molecule has 0 aliphatic heterocycles. The number of fused-ring (bicyclic) bond motifs is 1. The van der Waals surface area contributed by atoms with Crippen LogP contribution in [0.3, 0.4) is 0 Å². The molecule has 9 heteroatoms. The molecule has 1 amide bonds. The van der Waals surface area contributed by atoms with Gasteiger partial charge in [-0.3, -0.25) is 9.59 Å². The van der Waals surface area contributed by atoms with Gasteiger partial charge in [0.15, 0.2) is 17.2 Å². The van der Waals surface area contributed by atoms with Crippen LogP contribution in [0.1, 0.15) is 26.6 Å². The van der Waals surface area contributed by atoms with E-state index >= 15 is 0 Å². The quantitative estimate of drug-likeness (QED) is 0.288. The second-order valence-corrected chi connectivity index (χ2v) is 8.34. The van der Waals surface area contributed by atoms with Crippen LogP contribution < -0.4 is 10.1 Å². The molecule has 0 atom stereocenters. The molecule has 5 rings (SSSR count). The molecule has 33 heavy (non-hydrogen) atoms. The molecule has 0 saturated heterocycles. The largest absolute Gasteiger partial charge is 0.495 e. The Hall–Kier alpha value is -3.88. The number of furan rings is 1. The lowest BCUT2D eigenvalue weighted by atomic mass is 10.1. The first kappa shape index (κ1) is 21.0. The zero-order valence-electron chi connectivity index (χ0n) is 17.1. The summed E-state index contributed by atoms with van der Waals surface area (Å²) in [5.41, 5.74) is 1.06. The number of benzene rings is 2. The fraction of sp³-hybridized carbons (Fsp3) is 0.0417. The Morgan fingerprint density at radius 1 is 1.09 bits per heavy atom. The van der Waals surface area contributed by atoms with E-state index in [2.05, 4.69) is 10.5 Å². The van der Waals surface area contributed by atoms with Gasteiger partial charge < -0.3 is 19.0 Å². The van der Waals surface area contributed by atoms with E-state index in [4.69, 9.17) is 25.3 Å². The van der Waals surface area contributed by atoms with Gasteiger partial charge in [-0.05, 0) is 41.8 Å². The number of para-hydroxylation sites is 1. The third kappa shape index (κ3) is 3.90. The van der Waals surface area contributed by atoms with Gasteiger partial charge in [0, 0.05) is 17.0 Å². The summed E-state index contributed by atoms with van der Waals surface area (Å²) >= 11 is 7.66. The Morgan fingerprint density at radius 3 is 2.70 bits per heavy atom. The summed E-state index contributed by atoms with van der Waals surface area (Å²) < 4.78 is 16.3. The van der Waals surface area contributed by atoms with E-state index in [1.54, 1.807) is 42.5 Å². The number of methoxy groups -OCH3 is 1. The number of ketones is 1. The standard InChI is InChI=1S/C24H15ClN2O5S/c1-30-18-9-8-13(11-15(18)25)22(28)23-21(14-5-2-3-6-17(14)31-23)26-24(29)16-12-19(32-27-16)20-7-4-10-33-20/h2-12H,1H3,(H,26,29). The molecule has 0 bridgehead atoms. The van der Waals surface area contributed by atoms with Crippen LogP contribution in [0, 0.1) is 0 Å². The lowest BCUT2D eigenvalue weighted by molar-refractivity contribution is 0.101. The highest BCUT2D eigenvalue weighted by Gasteiger charge is 2.25. The van der Waals surface area contributed by atoms with E-state index in [0.717, 1.165) is 4.88 Å². The molecule has 0 saturated carbocycles. The molecule has 7 nitrogen and oxygen atoms in total. The average Bonchev–Trinajstić information content (AvgIpc) is 3.58. The number of hydrogen-bond acceptors (Lipinski definition) is 7. The first-order valence-electron chi connectivity index (χ1n) is 9.77. The van der Waals surface area contributed by atoms with Gasteiger partial charge in [-0.25, -0.2) is 0 Å². The van der Waals surface area contributed by atoms with Crippen LogP contribution >= 0.6 is 22.9 Å². The smallest absolute Gasteiger partial charge is 0.277 e. The van der Waals surface area contributed by atoms with Gasteiger partial charge >= 0.3 is 0 Å². The number of thiophene rings is 1. The molecule has 0 fully saturated rings. The number of aromatic nitrogens is 1. The summed E-state index contributed by atoms with van der Waals surface area (Å²) in [6, 6.07) is 17.0. The van der Waals surface area contributed by atoms with E-state index < -0.39 is 11.7 Å². The summed E-state index contributed by atoms with van der Waals surface area (Å²) in [6.07, 6.45) is 0. The minimum absolute atomic E-state index is 0.0206. The highest BCUT2D eigenvalue weighted by Crippen LogP contribution is 2.34. The van der Waals surface area contributed by atoms with E-state index in [0.29, 0.717) is 22.5 Å². The molecule has 0 aliphatic carbocycles. The second-order valence-electron chi connectivity index (χ2n) is 6.99. The average molecular weight is 479 g/mol. The molecule has 2 aromatic carbocycles. The first-order chi connectivity index (χ1) is 16.0. The molecule has 0 radical (unpaired) electrons. The monoisotopic (exact) mass is 478 g/mol. The van der Waals surface area contributed by atoms with E-state index in [-0.39, 0.29) is 27.7 Å². The Balaban J connectivity index is 1.51. The normalized spacial score (nSPS) is 11.0. The maximum Gasteiger partial charge on any atom is 0.277 e. The van der Waals surface area contributed by atoms with Gasteiger partial charge in [0.2, 0.25) is 5.78 Å². The number of halogens is 1. The number of hydrogen-bond donors (Lipinski definition) is 1. The molecule has 1 N–H and O–H groups in total. The zero-order chi connectivity index (χ0) is 22.9. The fourth-order valence-corrected chi connectivity index (χ4v) is 4.29. The fourth-order valence-electron chi connectivity index (χ4n) is 3.36. The van der Waals surface area contributed by atoms with Crippen molar-refractivity contribution in [2.45, 2.75) is 0 Å². The summed E-state index contributed by atoms with van der Waals surface area (Å²) in [4.78, 5) is 27.1. The van der Waals surface area contributed by atoms with Crippen LogP contribution in [0.15, 0.2) is 75.0 Å². The van der Waals surface area contributed by atoms with Gasteiger partial charge in [-0.2, -0.15) is 0 Å². The summed E-state index contributed by atoms with van der Waals surface area (Å²) in [7, 11) is 1.49. The molecule has 3 heterocycles. The molecule has 5 aromatic rings. The molecule has 3 aromatic heterocycles. The number of rotatable bonds is 6. The Kier molecular flexibility index (Phi) is 5.45. The second kappa shape index (κ2) is 8.57. The zero-order valence-corrected chi connectivity index (χ0v) is 18.7. The minimum atomic E-state index is -0.532. The predicted molar refractivity (Wildman–Crippen MR) is 125 cm³/mol. The third-order valence-corrected chi connectivity index (χ3v) is 6.14. The number of carbonyl (C=O) groups is 2. The Morgan fingerprint density at radius 2 is 1.94 bits per heavy atom. The van der Waals surface area contributed by atoms with Gasteiger partial charge in [0.1, 0.15) is 11.3 Å². The highest BCUT2D eigenvalue weighted by molar-refractivity contribution is 7.13. The van der Waals surface area contributed by atoms with Gasteiger partial charge in [-0.1, -0.05) is 35.0 Å². The summed E-state index contributed by atoms with van der Waals surface area (Å²) in [5, 5.41) is 9.40. The molecular weight excluding hydrogens is 464 g/mol. The number of ether oxygens (including phenoxy) is 1. The first-order valence-corrected chi connectivity index (χ1v) is 11.0. The number of anilines is 1. The van der Waals surface area contributed by atoms with Crippen LogP contribution in [-0.4, -0.2) is 24.0 Å². The van der Waals surface area contributed by atoms with Crippen molar-refractivity contribution in [1.29, 1.82) is 0 Å². The van der Waals surface area contributed by atoms with Crippen LogP contribution in [0.25, 0.3) is 21.6 Å². The molecule has 0 spiro atoms. The lowest BCUT2D eigenvalue weighted by Crippen LogP contribution is -2.14. The van der Waals surface area contributed by atoms with E-state index in [1.165, 1.54) is 24.5 Å². The maximum absolute atomic E-state index is 13.3. The molecule has 164 valence electrons. The van der Waals surface area contributed by atoms with E-state index in [1.807, 2.05) is 17.5 Å². The van der Waals surface area contributed by atoms with Crippen molar-refractivity contribution in [3.05, 3.63) is 88.1 Å². The molecule has 0 aliphatic rings. The maximum atomic E-state index is 13.3. The summed E-state index contributed by atoms with van der Waals surface area (Å²) in [5.74, 6) is -0.0662. The van der Waals surface area contributed by atoms with Crippen molar-refractivity contribution in [2.24, 2.45) is 0 Å². The SMILES string of the molecule is COc1ccc(C(=O)c2oc3ccccc3c2NC(=O)c2cc(-c3cccs3)on2)cc1Cl. The number of nitrogens with one attached hydrogen (secondary N) is 1. The Bertz CT molecular complexity index is 1490. The van der Waals surface area contributed by atoms with Crippen molar-refractivity contribution in [3.8, 4) is 16.4 Å². The van der Waals surface area contributed by atoms with Crippen molar-refractivity contribution in [1.82, 2.24) is 5.16 Å². The Labute approximate surface area is 196 Å². The van der Waals surface area contributed by atoms with Crippen molar-refractivity contribution in [2.75, 3.05) is 12.4 Å². The van der Waals surface area contributed by atoms with Crippen molar-refractivity contribution < 1.29 is 23.3 Å². The highest BCUT2D eigenvalue weighted by atomic mass is 35.5. The van der Waals surface area contributed by atoms with Gasteiger partial charge in [0.05, 0.1) is 22.7 Å². The van der Waals surface area contributed by atoms with Gasteiger partial charge in [-0.15, -0.1) is 11.3 Å². The van der Waals surface area contributed by atoms with Crippen LogP contribution in [0.4, 0.5) is 5.69 Å².